The van der Waals surface area contributed by atoms with E-state index in [1.165, 1.54) is 25.7 Å². The maximum Gasteiger partial charge on any atom is 0.126 e. The van der Waals surface area contributed by atoms with Crippen LogP contribution in [0.5, 0.6) is 0 Å². The molecule has 0 spiro atoms. The van der Waals surface area contributed by atoms with Gasteiger partial charge in [-0.2, -0.15) is 0 Å². The van der Waals surface area contributed by atoms with Crippen molar-refractivity contribution in [1.29, 1.82) is 0 Å². The third-order valence-corrected chi connectivity index (χ3v) is 4.24. The van der Waals surface area contributed by atoms with Gasteiger partial charge in [-0.3, -0.25) is 0 Å². The number of benzene rings is 1. The topological polar surface area (TPSA) is 12.0 Å². The first-order valence-corrected chi connectivity index (χ1v) is 7.55. The Bertz CT molecular complexity index is 394. The van der Waals surface area contributed by atoms with Crippen LogP contribution in [0, 0.1) is 17.2 Å². The predicted octanol–water partition coefficient (Wildman–Crippen LogP) is 4.17. The molecule has 0 heterocycles. The molecule has 106 valence electrons. The first-order valence-electron chi connectivity index (χ1n) is 7.55. The van der Waals surface area contributed by atoms with Gasteiger partial charge in [0, 0.05) is 6.54 Å². The van der Waals surface area contributed by atoms with Crippen LogP contribution < -0.4 is 5.32 Å². The number of hydrogen-bond donors (Lipinski definition) is 1. The molecule has 0 aromatic heterocycles. The predicted molar refractivity (Wildman–Crippen MR) is 78.7 cm³/mol. The minimum absolute atomic E-state index is 0.0439. The van der Waals surface area contributed by atoms with Crippen LogP contribution in [0.1, 0.15) is 45.1 Å². The Balaban J connectivity index is 2.01. The van der Waals surface area contributed by atoms with Crippen LogP contribution in [-0.4, -0.2) is 13.1 Å². The Morgan fingerprint density at radius 2 is 1.89 bits per heavy atom. The monoisotopic (exact) mass is 263 g/mol. The standard InChI is InChI=1S/C17H26FN/c1-14(2)12-19-13-17(9-5-6-10-17)11-15-7-3-4-8-16(15)18/h3-4,7-8,14,19H,5-6,9-13H2,1-2H3. The highest BCUT2D eigenvalue weighted by atomic mass is 19.1. The molecule has 1 fully saturated rings. The van der Waals surface area contributed by atoms with Gasteiger partial charge in [0.05, 0.1) is 0 Å². The van der Waals surface area contributed by atoms with E-state index in [1.807, 2.05) is 12.1 Å². The lowest BCUT2D eigenvalue weighted by Crippen LogP contribution is -2.35. The van der Waals surface area contributed by atoms with Crippen molar-refractivity contribution >= 4 is 0 Å². The number of nitrogens with one attached hydrogen (secondary N) is 1. The summed E-state index contributed by atoms with van der Waals surface area (Å²) in [4.78, 5) is 0. The minimum Gasteiger partial charge on any atom is -0.316 e. The molecule has 1 aromatic carbocycles. The summed E-state index contributed by atoms with van der Waals surface area (Å²) in [5, 5.41) is 3.58. The van der Waals surface area contributed by atoms with E-state index in [2.05, 4.69) is 19.2 Å². The highest BCUT2D eigenvalue weighted by Crippen LogP contribution is 2.40. The molecular weight excluding hydrogens is 237 g/mol. The lowest BCUT2D eigenvalue weighted by atomic mass is 9.79. The molecule has 1 aromatic rings. The molecule has 1 aliphatic carbocycles. The second kappa shape index (κ2) is 6.51. The Morgan fingerprint density at radius 3 is 2.53 bits per heavy atom. The van der Waals surface area contributed by atoms with Crippen molar-refractivity contribution in [3.8, 4) is 0 Å². The zero-order valence-corrected chi connectivity index (χ0v) is 12.2. The van der Waals surface area contributed by atoms with E-state index < -0.39 is 0 Å². The quantitative estimate of drug-likeness (QED) is 0.812. The van der Waals surface area contributed by atoms with Gasteiger partial charge in [-0.05, 0) is 48.8 Å². The van der Waals surface area contributed by atoms with Crippen molar-refractivity contribution in [2.24, 2.45) is 11.3 Å². The molecule has 19 heavy (non-hydrogen) atoms. The van der Waals surface area contributed by atoms with E-state index in [-0.39, 0.29) is 11.2 Å². The SMILES string of the molecule is CC(C)CNCC1(Cc2ccccc2F)CCCC1. The maximum atomic E-state index is 13.8. The van der Waals surface area contributed by atoms with Crippen LogP contribution in [-0.2, 0) is 6.42 Å². The summed E-state index contributed by atoms with van der Waals surface area (Å²) < 4.78 is 13.8. The van der Waals surface area contributed by atoms with E-state index in [0.29, 0.717) is 5.92 Å². The molecule has 0 bridgehead atoms. The molecule has 0 radical (unpaired) electrons. The third-order valence-electron chi connectivity index (χ3n) is 4.24. The molecule has 0 atom stereocenters. The van der Waals surface area contributed by atoms with Gasteiger partial charge in [0.25, 0.3) is 0 Å². The third kappa shape index (κ3) is 4.04. The summed E-state index contributed by atoms with van der Waals surface area (Å²) in [5.74, 6) is 0.629. The fraction of sp³-hybridized carbons (Fsp3) is 0.647. The smallest absolute Gasteiger partial charge is 0.126 e. The molecule has 1 aliphatic rings. The van der Waals surface area contributed by atoms with Gasteiger partial charge < -0.3 is 5.32 Å². The second-order valence-electron chi connectivity index (χ2n) is 6.50. The van der Waals surface area contributed by atoms with E-state index >= 15 is 0 Å². The van der Waals surface area contributed by atoms with Crippen LogP contribution in [0.2, 0.25) is 0 Å². The van der Waals surface area contributed by atoms with Crippen LogP contribution in [0.15, 0.2) is 24.3 Å². The molecule has 0 aliphatic heterocycles. The Labute approximate surface area is 116 Å². The van der Waals surface area contributed by atoms with Crippen molar-refractivity contribution in [2.45, 2.75) is 46.0 Å². The number of hydrogen-bond acceptors (Lipinski definition) is 1. The lowest BCUT2D eigenvalue weighted by molar-refractivity contribution is 0.270. The molecule has 0 amide bonds. The zero-order chi connectivity index (χ0) is 13.7. The number of halogens is 1. The summed E-state index contributed by atoms with van der Waals surface area (Å²) in [6.07, 6.45) is 5.92. The summed E-state index contributed by atoms with van der Waals surface area (Å²) >= 11 is 0. The van der Waals surface area contributed by atoms with Gasteiger partial charge in [0.1, 0.15) is 5.82 Å². The minimum atomic E-state index is -0.0439. The molecular formula is C17H26FN. The first kappa shape index (κ1) is 14.5. The Kier molecular flexibility index (Phi) is 4.98. The van der Waals surface area contributed by atoms with Gasteiger partial charge in [-0.25, -0.2) is 4.39 Å². The second-order valence-corrected chi connectivity index (χ2v) is 6.50. The van der Waals surface area contributed by atoms with Gasteiger partial charge in [-0.15, -0.1) is 0 Å². The van der Waals surface area contributed by atoms with E-state index in [4.69, 9.17) is 0 Å². The van der Waals surface area contributed by atoms with Crippen LogP contribution in [0.3, 0.4) is 0 Å². The van der Waals surface area contributed by atoms with Gasteiger partial charge in [-0.1, -0.05) is 44.9 Å². The highest BCUT2D eigenvalue weighted by molar-refractivity contribution is 5.19. The Morgan fingerprint density at radius 1 is 1.21 bits per heavy atom. The molecule has 1 nitrogen and oxygen atoms in total. The molecule has 2 heteroatoms. The van der Waals surface area contributed by atoms with Crippen molar-refractivity contribution in [1.82, 2.24) is 5.32 Å². The molecule has 1 saturated carbocycles. The fourth-order valence-corrected chi connectivity index (χ4v) is 3.21. The van der Waals surface area contributed by atoms with Crippen molar-refractivity contribution in [3.05, 3.63) is 35.6 Å². The summed E-state index contributed by atoms with van der Waals surface area (Å²) in [6, 6.07) is 7.25. The average Bonchev–Trinajstić information content (AvgIpc) is 2.81. The van der Waals surface area contributed by atoms with E-state index in [1.54, 1.807) is 12.1 Å². The highest BCUT2D eigenvalue weighted by Gasteiger charge is 2.34. The lowest BCUT2D eigenvalue weighted by Gasteiger charge is -2.30. The van der Waals surface area contributed by atoms with E-state index in [0.717, 1.165) is 25.1 Å². The van der Waals surface area contributed by atoms with Crippen LogP contribution in [0.25, 0.3) is 0 Å². The molecule has 0 saturated heterocycles. The summed E-state index contributed by atoms with van der Waals surface area (Å²) in [7, 11) is 0. The molecule has 2 rings (SSSR count). The van der Waals surface area contributed by atoms with E-state index in [9.17, 15) is 4.39 Å². The molecule has 1 N–H and O–H groups in total. The van der Waals surface area contributed by atoms with Gasteiger partial charge in [0.2, 0.25) is 0 Å². The average molecular weight is 263 g/mol. The zero-order valence-electron chi connectivity index (χ0n) is 12.2. The van der Waals surface area contributed by atoms with Crippen molar-refractivity contribution in [3.63, 3.8) is 0 Å². The summed E-state index contributed by atoms with van der Waals surface area (Å²) in [6.45, 7) is 6.54. The number of rotatable bonds is 6. The van der Waals surface area contributed by atoms with Crippen LogP contribution >= 0.6 is 0 Å². The fourth-order valence-electron chi connectivity index (χ4n) is 3.21. The first-order chi connectivity index (χ1) is 9.11. The maximum absolute atomic E-state index is 13.8. The van der Waals surface area contributed by atoms with Crippen LogP contribution in [0.4, 0.5) is 4.39 Å². The Hall–Kier alpha value is -0.890. The largest absolute Gasteiger partial charge is 0.316 e. The van der Waals surface area contributed by atoms with Gasteiger partial charge in [0.15, 0.2) is 0 Å². The van der Waals surface area contributed by atoms with Crippen molar-refractivity contribution in [2.75, 3.05) is 13.1 Å². The normalized spacial score (nSPS) is 18.1. The molecule has 0 unspecified atom stereocenters. The van der Waals surface area contributed by atoms with Crippen molar-refractivity contribution < 1.29 is 4.39 Å². The van der Waals surface area contributed by atoms with Gasteiger partial charge >= 0.3 is 0 Å². The summed E-state index contributed by atoms with van der Waals surface area (Å²) in [5.41, 5.74) is 1.16.